The lowest BCUT2D eigenvalue weighted by atomic mass is 9.97. The monoisotopic (exact) mass is 319 g/mol. The van der Waals surface area contributed by atoms with Gasteiger partial charge in [0.2, 0.25) is 0 Å². The van der Waals surface area contributed by atoms with Crippen molar-refractivity contribution in [2.75, 3.05) is 0 Å². The van der Waals surface area contributed by atoms with Crippen LogP contribution in [-0.2, 0) is 4.79 Å². The number of carbonyl (C=O) groups is 1. The minimum atomic E-state index is -0.367. The molecule has 1 N–H and O–H groups in total. The maximum Gasteiger partial charge on any atom is 0.308 e. The van der Waals surface area contributed by atoms with Crippen molar-refractivity contribution in [3.8, 4) is 16.9 Å². The number of fused-ring (bicyclic) bond motifs is 2. The quantitative estimate of drug-likeness (QED) is 0.525. The second-order valence-electron chi connectivity index (χ2n) is 5.65. The van der Waals surface area contributed by atoms with Crippen molar-refractivity contribution in [2.45, 2.75) is 6.92 Å². The third-order valence-electron chi connectivity index (χ3n) is 4.08. The fourth-order valence-corrected chi connectivity index (χ4v) is 3.02. The maximum atomic E-state index is 14.0. The Balaban J connectivity index is 1.94. The van der Waals surface area contributed by atoms with E-state index in [1.807, 2.05) is 36.4 Å². The predicted molar refractivity (Wildman–Crippen MR) is 92.5 cm³/mol. The fraction of sp³-hybridized carbons (Fsp3) is 0.0500. The molecule has 4 heteroatoms. The molecule has 0 fully saturated rings. The van der Waals surface area contributed by atoms with Gasteiger partial charge in [0.1, 0.15) is 5.82 Å². The number of halogens is 1. The summed E-state index contributed by atoms with van der Waals surface area (Å²) in [5.41, 5.74) is 2.75. The molecule has 0 aliphatic rings. The normalized spacial score (nSPS) is 11.1. The van der Waals surface area contributed by atoms with Gasteiger partial charge in [-0.15, -0.1) is 0 Å². The number of H-pyrrole nitrogens is 1. The number of aromatic nitrogens is 1. The second kappa shape index (κ2) is 5.49. The summed E-state index contributed by atoms with van der Waals surface area (Å²) >= 11 is 0. The second-order valence-corrected chi connectivity index (χ2v) is 5.65. The van der Waals surface area contributed by atoms with E-state index < -0.39 is 0 Å². The third kappa shape index (κ3) is 2.33. The highest BCUT2D eigenvalue weighted by molar-refractivity contribution is 6.00. The van der Waals surface area contributed by atoms with Gasteiger partial charge in [0, 0.05) is 29.4 Å². The minimum Gasteiger partial charge on any atom is -0.424 e. The van der Waals surface area contributed by atoms with Crippen LogP contribution in [0.2, 0.25) is 0 Å². The number of rotatable bonds is 2. The summed E-state index contributed by atoms with van der Waals surface area (Å²) in [5.74, 6) is -0.114. The molecule has 0 saturated heterocycles. The van der Waals surface area contributed by atoms with E-state index in [0.717, 1.165) is 27.4 Å². The molecule has 0 radical (unpaired) electrons. The van der Waals surface area contributed by atoms with E-state index in [0.29, 0.717) is 11.1 Å². The van der Waals surface area contributed by atoms with Crippen LogP contribution in [0.5, 0.6) is 5.75 Å². The first-order chi connectivity index (χ1) is 11.6. The maximum absolute atomic E-state index is 14.0. The molecule has 24 heavy (non-hydrogen) atoms. The molecule has 0 saturated carbocycles. The van der Waals surface area contributed by atoms with E-state index in [4.69, 9.17) is 4.74 Å². The van der Waals surface area contributed by atoms with Crippen LogP contribution in [0.1, 0.15) is 6.92 Å². The Morgan fingerprint density at radius 3 is 2.58 bits per heavy atom. The first-order valence-corrected chi connectivity index (χ1v) is 7.60. The van der Waals surface area contributed by atoms with Crippen LogP contribution >= 0.6 is 0 Å². The van der Waals surface area contributed by atoms with Gasteiger partial charge in [-0.2, -0.15) is 0 Å². The van der Waals surface area contributed by atoms with Gasteiger partial charge in [-0.25, -0.2) is 4.39 Å². The van der Waals surface area contributed by atoms with Gasteiger partial charge in [0.15, 0.2) is 5.75 Å². The lowest BCUT2D eigenvalue weighted by Crippen LogP contribution is -2.00. The van der Waals surface area contributed by atoms with Crippen molar-refractivity contribution in [3.63, 3.8) is 0 Å². The van der Waals surface area contributed by atoms with Crippen LogP contribution in [0.4, 0.5) is 4.39 Å². The van der Waals surface area contributed by atoms with Crippen LogP contribution < -0.4 is 4.74 Å². The third-order valence-corrected chi connectivity index (χ3v) is 4.08. The summed E-state index contributed by atoms with van der Waals surface area (Å²) in [6.07, 6.45) is 1.67. The molecule has 0 spiro atoms. The molecule has 1 aromatic heterocycles. The molecule has 0 amide bonds. The average Bonchev–Trinajstić information content (AvgIpc) is 2.97. The summed E-state index contributed by atoms with van der Waals surface area (Å²) < 4.78 is 19.3. The van der Waals surface area contributed by atoms with Crippen molar-refractivity contribution in [3.05, 3.63) is 66.6 Å². The number of carbonyl (C=O) groups excluding carboxylic acids is 1. The summed E-state index contributed by atoms with van der Waals surface area (Å²) in [6.45, 7) is 1.37. The van der Waals surface area contributed by atoms with Crippen LogP contribution in [0.3, 0.4) is 0 Å². The summed E-state index contributed by atoms with van der Waals surface area (Å²) in [5, 5.41) is 2.25. The zero-order chi connectivity index (χ0) is 16.7. The number of aromatic amines is 1. The topological polar surface area (TPSA) is 42.1 Å². The van der Waals surface area contributed by atoms with Crippen LogP contribution in [-0.4, -0.2) is 11.0 Å². The number of ether oxygens (including phenoxy) is 1. The first kappa shape index (κ1) is 14.5. The lowest BCUT2D eigenvalue weighted by molar-refractivity contribution is -0.131. The highest BCUT2D eigenvalue weighted by Crippen LogP contribution is 2.34. The van der Waals surface area contributed by atoms with Crippen LogP contribution in [0.15, 0.2) is 60.8 Å². The zero-order valence-corrected chi connectivity index (χ0v) is 13.0. The Hall–Kier alpha value is -3.14. The number of hydrogen-bond acceptors (Lipinski definition) is 2. The Labute approximate surface area is 137 Å². The van der Waals surface area contributed by atoms with Gasteiger partial charge < -0.3 is 9.72 Å². The standard InChI is InChI=1S/C20H14FNO2/c1-12(23)24-20-11-22-19-9-6-13(10-17(19)20)14-7-8-18(21)16-5-3-2-4-15(14)16/h2-11,22H,1H3. The molecule has 3 aromatic carbocycles. The molecule has 0 bridgehead atoms. The Bertz CT molecular complexity index is 1080. The average molecular weight is 319 g/mol. The van der Waals surface area contributed by atoms with E-state index in [2.05, 4.69) is 4.98 Å². The number of esters is 1. The van der Waals surface area contributed by atoms with Crippen molar-refractivity contribution in [1.82, 2.24) is 4.98 Å². The van der Waals surface area contributed by atoms with Crippen LogP contribution in [0, 0.1) is 5.82 Å². The highest BCUT2D eigenvalue weighted by atomic mass is 19.1. The van der Waals surface area contributed by atoms with E-state index in [9.17, 15) is 9.18 Å². The lowest BCUT2D eigenvalue weighted by Gasteiger charge is -2.08. The van der Waals surface area contributed by atoms with Gasteiger partial charge in [0.25, 0.3) is 0 Å². The van der Waals surface area contributed by atoms with E-state index in [-0.39, 0.29) is 11.8 Å². The fourth-order valence-electron chi connectivity index (χ4n) is 3.02. The number of nitrogens with one attached hydrogen (secondary N) is 1. The molecule has 0 aliphatic carbocycles. The van der Waals surface area contributed by atoms with Gasteiger partial charge >= 0.3 is 5.97 Å². The predicted octanol–water partition coefficient (Wildman–Crippen LogP) is 5.05. The Morgan fingerprint density at radius 1 is 1.00 bits per heavy atom. The van der Waals surface area contributed by atoms with Gasteiger partial charge in [-0.1, -0.05) is 36.4 Å². The first-order valence-electron chi connectivity index (χ1n) is 7.60. The zero-order valence-electron chi connectivity index (χ0n) is 13.0. The number of benzene rings is 3. The smallest absolute Gasteiger partial charge is 0.308 e. The molecule has 0 unspecified atom stereocenters. The molecular weight excluding hydrogens is 305 g/mol. The minimum absolute atomic E-state index is 0.238. The SMILES string of the molecule is CC(=O)Oc1c[nH]c2ccc(-c3ccc(F)c4ccccc34)cc12. The van der Waals surface area contributed by atoms with Crippen molar-refractivity contribution in [1.29, 1.82) is 0 Å². The van der Waals surface area contributed by atoms with Crippen molar-refractivity contribution in [2.24, 2.45) is 0 Å². The van der Waals surface area contributed by atoms with Crippen LogP contribution in [0.25, 0.3) is 32.8 Å². The van der Waals surface area contributed by atoms with Gasteiger partial charge in [0.05, 0.1) is 0 Å². The molecule has 4 aromatic rings. The summed E-state index contributed by atoms with van der Waals surface area (Å²) in [4.78, 5) is 14.3. The van der Waals surface area contributed by atoms with E-state index in [1.165, 1.54) is 13.0 Å². The summed E-state index contributed by atoms with van der Waals surface area (Å²) in [6, 6.07) is 16.5. The van der Waals surface area contributed by atoms with Crippen molar-refractivity contribution < 1.29 is 13.9 Å². The largest absolute Gasteiger partial charge is 0.424 e. The van der Waals surface area contributed by atoms with E-state index >= 15 is 0 Å². The molecule has 4 rings (SSSR count). The highest BCUT2D eigenvalue weighted by Gasteiger charge is 2.11. The Kier molecular flexibility index (Phi) is 3.31. The number of hydrogen-bond donors (Lipinski definition) is 1. The Morgan fingerprint density at radius 2 is 1.79 bits per heavy atom. The van der Waals surface area contributed by atoms with Gasteiger partial charge in [-0.05, 0) is 34.7 Å². The summed E-state index contributed by atoms with van der Waals surface area (Å²) in [7, 11) is 0. The molecule has 1 heterocycles. The van der Waals surface area contributed by atoms with E-state index in [1.54, 1.807) is 18.3 Å². The molecule has 0 aliphatic heterocycles. The molecule has 3 nitrogen and oxygen atoms in total. The molecular formula is C20H14FNO2. The molecule has 118 valence electrons. The molecule has 0 atom stereocenters. The van der Waals surface area contributed by atoms with Crippen molar-refractivity contribution >= 4 is 27.6 Å². The van der Waals surface area contributed by atoms with Gasteiger partial charge in [-0.3, -0.25) is 4.79 Å².